The van der Waals surface area contributed by atoms with Crippen molar-refractivity contribution in [3.63, 3.8) is 0 Å². The van der Waals surface area contributed by atoms with Crippen LogP contribution in [0, 0.1) is 17.2 Å². The molecule has 3 N–H and O–H groups in total. The first-order valence-corrected chi connectivity index (χ1v) is 7.94. The molecule has 1 rings (SSSR count). The van der Waals surface area contributed by atoms with Crippen LogP contribution in [0.15, 0.2) is 11.4 Å². The average molecular weight is 337 g/mol. The molecule has 0 saturated heterocycles. The molecule has 0 unspecified atom stereocenters. The number of nitrogens with one attached hydrogen (secondary N) is 1. The van der Waals surface area contributed by atoms with Crippen molar-refractivity contribution in [3.05, 3.63) is 11.8 Å². The van der Waals surface area contributed by atoms with E-state index in [1.165, 1.54) is 13.3 Å². The van der Waals surface area contributed by atoms with Crippen LogP contribution in [0.2, 0.25) is 0 Å². The van der Waals surface area contributed by atoms with Gasteiger partial charge in [0.15, 0.2) is 5.16 Å². The van der Waals surface area contributed by atoms with E-state index >= 15 is 0 Å². The fraction of sp³-hybridized carbons (Fsp3) is 0.500. The van der Waals surface area contributed by atoms with Gasteiger partial charge in [0.05, 0.1) is 19.1 Å². The maximum Gasteiger partial charge on any atom is 0.328 e. The first kappa shape index (κ1) is 18.7. The molecule has 23 heavy (non-hydrogen) atoms. The fourth-order valence-corrected chi connectivity index (χ4v) is 2.31. The third-order valence-electron chi connectivity index (χ3n) is 3.23. The van der Waals surface area contributed by atoms with E-state index in [0.29, 0.717) is 0 Å². The SMILES string of the molecule is CC[C@H](C)[C@@H](NC(=O)CSc1ncc(C#N)c(N)n1)C(=O)OC. The third kappa shape index (κ3) is 5.41. The predicted octanol–water partition coefficient (Wildman–Crippen LogP) is 0.726. The number of aromatic nitrogens is 2. The lowest BCUT2D eigenvalue weighted by Gasteiger charge is -2.21. The number of esters is 1. The minimum absolute atomic E-state index is 0.0231. The van der Waals surface area contributed by atoms with Crippen LogP contribution < -0.4 is 11.1 Å². The van der Waals surface area contributed by atoms with Crippen LogP contribution in [-0.4, -0.2) is 40.7 Å². The summed E-state index contributed by atoms with van der Waals surface area (Å²) in [6.45, 7) is 3.79. The second kappa shape index (κ2) is 8.95. The zero-order valence-electron chi connectivity index (χ0n) is 13.2. The largest absolute Gasteiger partial charge is 0.467 e. The van der Waals surface area contributed by atoms with Crippen LogP contribution in [0.1, 0.15) is 25.8 Å². The van der Waals surface area contributed by atoms with E-state index in [2.05, 4.69) is 15.3 Å². The summed E-state index contributed by atoms with van der Waals surface area (Å²) in [6, 6.07) is 1.17. The molecule has 0 radical (unpaired) electrons. The van der Waals surface area contributed by atoms with Gasteiger partial charge >= 0.3 is 5.97 Å². The van der Waals surface area contributed by atoms with Crippen LogP contribution in [0.5, 0.6) is 0 Å². The Balaban J connectivity index is 2.63. The summed E-state index contributed by atoms with van der Waals surface area (Å²) < 4.78 is 4.71. The summed E-state index contributed by atoms with van der Waals surface area (Å²) in [6.07, 6.45) is 2.03. The smallest absolute Gasteiger partial charge is 0.328 e. The minimum Gasteiger partial charge on any atom is -0.467 e. The first-order valence-electron chi connectivity index (χ1n) is 6.95. The summed E-state index contributed by atoms with van der Waals surface area (Å²) in [4.78, 5) is 31.6. The molecule has 0 bridgehead atoms. The van der Waals surface area contributed by atoms with Gasteiger partial charge < -0.3 is 15.8 Å². The first-order chi connectivity index (χ1) is 10.9. The van der Waals surface area contributed by atoms with Crippen LogP contribution in [0.3, 0.4) is 0 Å². The van der Waals surface area contributed by atoms with Crippen molar-refractivity contribution in [1.29, 1.82) is 5.26 Å². The van der Waals surface area contributed by atoms with E-state index < -0.39 is 12.0 Å². The maximum absolute atomic E-state index is 12.0. The van der Waals surface area contributed by atoms with Gasteiger partial charge in [-0.15, -0.1) is 0 Å². The number of carbonyl (C=O) groups excluding carboxylic acids is 2. The maximum atomic E-state index is 12.0. The number of thioether (sulfide) groups is 1. The third-order valence-corrected chi connectivity index (χ3v) is 4.09. The summed E-state index contributed by atoms with van der Waals surface area (Å²) in [5, 5.41) is 11.7. The number of methoxy groups -OCH3 is 1. The molecule has 0 saturated carbocycles. The highest BCUT2D eigenvalue weighted by Gasteiger charge is 2.26. The molecule has 124 valence electrons. The Hall–Kier alpha value is -2.34. The Morgan fingerprint density at radius 2 is 2.26 bits per heavy atom. The van der Waals surface area contributed by atoms with Crippen molar-refractivity contribution >= 4 is 29.5 Å². The molecule has 1 amide bonds. The van der Waals surface area contributed by atoms with Crippen LogP contribution in [0.25, 0.3) is 0 Å². The molecule has 1 heterocycles. The molecule has 8 nitrogen and oxygen atoms in total. The Morgan fingerprint density at radius 1 is 1.57 bits per heavy atom. The van der Waals surface area contributed by atoms with Gasteiger partial charge in [-0.2, -0.15) is 5.26 Å². The van der Waals surface area contributed by atoms with Gasteiger partial charge in [-0.05, 0) is 5.92 Å². The van der Waals surface area contributed by atoms with Gasteiger partial charge in [0.25, 0.3) is 0 Å². The number of hydrogen-bond acceptors (Lipinski definition) is 8. The highest BCUT2D eigenvalue weighted by Crippen LogP contribution is 2.16. The Bertz CT molecular complexity index is 617. The topological polar surface area (TPSA) is 131 Å². The molecule has 2 atom stereocenters. The number of nitrogen functional groups attached to an aromatic ring is 1. The van der Waals surface area contributed by atoms with E-state index in [9.17, 15) is 9.59 Å². The van der Waals surface area contributed by atoms with Crippen molar-refractivity contribution < 1.29 is 14.3 Å². The standard InChI is InChI=1S/C14H19N5O3S/c1-4-8(2)11(13(21)22-3)18-10(20)7-23-14-17-6-9(5-15)12(16)19-14/h6,8,11H,4,7H2,1-3H3,(H,18,20)(H2,16,17,19)/t8-,11+/m0/s1. The lowest BCUT2D eigenvalue weighted by molar-refractivity contribution is -0.146. The number of carbonyl (C=O) groups is 2. The van der Waals surface area contributed by atoms with Gasteiger partial charge in [0, 0.05) is 0 Å². The van der Waals surface area contributed by atoms with E-state index in [-0.39, 0.29) is 34.1 Å². The van der Waals surface area contributed by atoms with Crippen LogP contribution >= 0.6 is 11.8 Å². The number of anilines is 1. The van der Waals surface area contributed by atoms with E-state index in [1.54, 1.807) is 0 Å². The van der Waals surface area contributed by atoms with Crippen molar-refractivity contribution in [3.8, 4) is 6.07 Å². The van der Waals surface area contributed by atoms with E-state index in [0.717, 1.165) is 18.2 Å². The Labute approximate surface area is 138 Å². The second-order valence-electron chi connectivity index (χ2n) is 4.81. The van der Waals surface area contributed by atoms with Gasteiger partial charge in [-0.1, -0.05) is 32.0 Å². The number of hydrogen-bond donors (Lipinski definition) is 2. The monoisotopic (exact) mass is 337 g/mol. The van der Waals surface area contributed by atoms with Crippen molar-refractivity contribution in [2.24, 2.45) is 5.92 Å². The molecule has 0 aromatic carbocycles. The zero-order valence-corrected chi connectivity index (χ0v) is 14.0. The molecule has 0 aliphatic rings. The summed E-state index contributed by atoms with van der Waals surface area (Å²) in [5.74, 6) is -0.764. The second-order valence-corrected chi connectivity index (χ2v) is 5.75. The molecular formula is C14H19N5O3S. The summed E-state index contributed by atoms with van der Waals surface area (Å²) >= 11 is 1.07. The highest BCUT2D eigenvalue weighted by atomic mass is 32.2. The number of rotatable bonds is 7. The molecule has 0 aliphatic heterocycles. The molecule has 0 aliphatic carbocycles. The molecule has 9 heteroatoms. The van der Waals surface area contributed by atoms with Gasteiger partial charge in [0.2, 0.25) is 5.91 Å². The van der Waals surface area contributed by atoms with Crippen LogP contribution in [-0.2, 0) is 14.3 Å². The quantitative estimate of drug-likeness (QED) is 0.423. The van der Waals surface area contributed by atoms with Crippen molar-refractivity contribution in [2.45, 2.75) is 31.5 Å². The van der Waals surface area contributed by atoms with Crippen molar-refractivity contribution in [1.82, 2.24) is 15.3 Å². The molecule has 1 aromatic rings. The number of nitrogens with zero attached hydrogens (tertiary/aromatic N) is 3. The van der Waals surface area contributed by atoms with Gasteiger partial charge in [-0.25, -0.2) is 14.8 Å². The predicted molar refractivity (Wildman–Crippen MR) is 85.3 cm³/mol. The summed E-state index contributed by atoms with van der Waals surface area (Å²) in [5.41, 5.74) is 5.77. The fourth-order valence-electron chi connectivity index (χ4n) is 1.68. The molecule has 0 spiro atoms. The van der Waals surface area contributed by atoms with Crippen molar-refractivity contribution in [2.75, 3.05) is 18.6 Å². The molecular weight excluding hydrogens is 318 g/mol. The molecule has 1 aromatic heterocycles. The number of nitriles is 1. The summed E-state index contributed by atoms with van der Waals surface area (Å²) in [7, 11) is 1.28. The Morgan fingerprint density at radius 3 is 2.78 bits per heavy atom. The highest BCUT2D eigenvalue weighted by molar-refractivity contribution is 7.99. The number of ether oxygens (including phenoxy) is 1. The van der Waals surface area contributed by atoms with E-state index in [4.69, 9.17) is 15.7 Å². The normalized spacial score (nSPS) is 12.8. The Kier molecular flexibility index (Phi) is 7.28. The van der Waals surface area contributed by atoms with Gasteiger partial charge in [0.1, 0.15) is 23.5 Å². The molecule has 0 fully saturated rings. The number of amides is 1. The zero-order chi connectivity index (χ0) is 17.4. The van der Waals surface area contributed by atoms with Crippen LogP contribution in [0.4, 0.5) is 5.82 Å². The average Bonchev–Trinajstić information content (AvgIpc) is 2.56. The minimum atomic E-state index is -0.690. The lowest BCUT2D eigenvalue weighted by Crippen LogP contribution is -2.46. The lowest BCUT2D eigenvalue weighted by atomic mass is 9.99. The van der Waals surface area contributed by atoms with E-state index in [1.807, 2.05) is 19.9 Å². The van der Waals surface area contributed by atoms with Gasteiger partial charge in [-0.3, -0.25) is 4.79 Å². The number of nitrogens with two attached hydrogens (primary N) is 1.